The first kappa shape index (κ1) is 19.0. The SMILES string of the molecule is COC(=O)c1ccc(NC(=O)CN(C(C)=O)C2CCCCCC2)cc1. The Morgan fingerprint density at radius 2 is 1.68 bits per heavy atom. The number of amides is 2. The van der Waals surface area contributed by atoms with Crippen molar-refractivity contribution < 1.29 is 19.1 Å². The summed E-state index contributed by atoms with van der Waals surface area (Å²) in [7, 11) is 1.32. The minimum Gasteiger partial charge on any atom is -0.465 e. The number of esters is 1. The summed E-state index contributed by atoms with van der Waals surface area (Å²) < 4.78 is 4.64. The fourth-order valence-electron chi connectivity index (χ4n) is 3.23. The normalized spacial score (nSPS) is 15.1. The molecule has 6 heteroatoms. The Kier molecular flexibility index (Phi) is 6.98. The van der Waals surface area contributed by atoms with Crippen LogP contribution in [0.1, 0.15) is 55.8 Å². The third kappa shape index (κ3) is 5.59. The molecule has 1 aliphatic rings. The molecule has 1 saturated carbocycles. The summed E-state index contributed by atoms with van der Waals surface area (Å²) in [5, 5.41) is 2.78. The molecule has 1 aliphatic carbocycles. The molecule has 136 valence electrons. The first-order chi connectivity index (χ1) is 12.0. The zero-order valence-electron chi connectivity index (χ0n) is 14.9. The molecule has 0 spiro atoms. The molecular formula is C19H26N2O4. The third-order valence-corrected chi connectivity index (χ3v) is 4.57. The van der Waals surface area contributed by atoms with Crippen molar-refractivity contribution in [3.05, 3.63) is 29.8 Å². The molecular weight excluding hydrogens is 320 g/mol. The molecule has 2 amide bonds. The van der Waals surface area contributed by atoms with Crippen LogP contribution in [0.25, 0.3) is 0 Å². The second-order valence-corrected chi connectivity index (χ2v) is 6.41. The number of rotatable bonds is 5. The highest BCUT2D eigenvalue weighted by molar-refractivity contribution is 5.95. The van der Waals surface area contributed by atoms with Gasteiger partial charge in [0.25, 0.3) is 0 Å². The van der Waals surface area contributed by atoms with Gasteiger partial charge in [-0.1, -0.05) is 25.7 Å². The van der Waals surface area contributed by atoms with Crippen LogP contribution in [0.5, 0.6) is 0 Å². The average Bonchev–Trinajstić information content (AvgIpc) is 2.88. The Hall–Kier alpha value is -2.37. The van der Waals surface area contributed by atoms with Gasteiger partial charge in [0.15, 0.2) is 0 Å². The van der Waals surface area contributed by atoms with E-state index in [0.717, 1.165) is 25.7 Å². The highest BCUT2D eigenvalue weighted by Gasteiger charge is 2.24. The van der Waals surface area contributed by atoms with Gasteiger partial charge in [-0.3, -0.25) is 9.59 Å². The second-order valence-electron chi connectivity index (χ2n) is 6.41. The van der Waals surface area contributed by atoms with Gasteiger partial charge >= 0.3 is 5.97 Å². The molecule has 0 aromatic heterocycles. The molecule has 0 saturated heterocycles. The predicted molar refractivity (Wildman–Crippen MR) is 95.3 cm³/mol. The van der Waals surface area contributed by atoms with Crippen molar-refractivity contribution in [1.82, 2.24) is 4.90 Å². The lowest BCUT2D eigenvalue weighted by atomic mass is 10.1. The highest BCUT2D eigenvalue weighted by atomic mass is 16.5. The Morgan fingerprint density at radius 1 is 1.08 bits per heavy atom. The smallest absolute Gasteiger partial charge is 0.337 e. The lowest BCUT2D eigenvalue weighted by Crippen LogP contribution is -2.43. The molecule has 0 unspecified atom stereocenters. The summed E-state index contributed by atoms with van der Waals surface area (Å²) in [6.07, 6.45) is 6.51. The first-order valence-corrected chi connectivity index (χ1v) is 8.76. The summed E-state index contributed by atoms with van der Waals surface area (Å²) >= 11 is 0. The van der Waals surface area contributed by atoms with Crippen LogP contribution in [0.4, 0.5) is 5.69 Å². The van der Waals surface area contributed by atoms with Gasteiger partial charge in [0.1, 0.15) is 6.54 Å². The van der Waals surface area contributed by atoms with Crippen molar-refractivity contribution >= 4 is 23.5 Å². The molecule has 1 fully saturated rings. The molecule has 25 heavy (non-hydrogen) atoms. The van der Waals surface area contributed by atoms with Crippen LogP contribution >= 0.6 is 0 Å². The van der Waals surface area contributed by atoms with Crippen molar-refractivity contribution in [2.45, 2.75) is 51.5 Å². The van der Waals surface area contributed by atoms with Crippen LogP contribution < -0.4 is 5.32 Å². The molecule has 1 aromatic rings. The van der Waals surface area contributed by atoms with Crippen molar-refractivity contribution in [1.29, 1.82) is 0 Å². The number of hydrogen-bond acceptors (Lipinski definition) is 4. The number of carbonyl (C=O) groups is 3. The second kappa shape index (κ2) is 9.20. The van der Waals surface area contributed by atoms with Gasteiger partial charge in [-0.15, -0.1) is 0 Å². The summed E-state index contributed by atoms with van der Waals surface area (Å²) in [4.78, 5) is 37.4. The molecule has 6 nitrogen and oxygen atoms in total. The summed E-state index contributed by atoms with van der Waals surface area (Å²) in [6.45, 7) is 1.57. The van der Waals surface area contributed by atoms with E-state index < -0.39 is 5.97 Å². The van der Waals surface area contributed by atoms with E-state index in [9.17, 15) is 14.4 Å². The van der Waals surface area contributed by atoms with Gasteiger partial charge in [-0.05, 0) is 37.1 Å². The number of benzene rings is 1. The maximum atomic E-state index is 12.3. The number of methoxy groups -OCH3 is 1. The van der Waals surface area contributed by atoms with Gasteiger partial charge in [0.2, 0.25) is 11.8 Å². The quantitative estimate of drug-likeness (QED) is 0.657. The minimum atomic E-state index is -0.422. The molecule has 0 radical (unpaired) electrons. The van der Waals surface area contributed by atoms with Crippen LogP contribution in [0.15, 0.2) is 24.3 Å². The standard InChI is InChI=1S/C19H26N2O4/c1-14(22)21(17-7-5-3-4-6-8-17)13-18(23)20-16-11-9-15(10-12-16)19(24)25-2/h9-12,17H,3-8,13H2,1-2H3,(H,20,23). The lowest BCUT2D eigenvalue weighted by molar-refractivity contribution is -0.135. The van der Waals surface area contributed by atoms with Crippen LogP contribution in [0.3, 0.4) is 0 Å². The van der Waals surface area contributed by atoms with Crippen molar-refractivity contribution in [2.75, 3.05) is 19.0 Å². The van der Waals surface area contributed by atoms with E-state index in [1.807, 2.05) is 0 Å². The van der Waals surface area contributed by atoms with E-state index in [-0.39, 0.29) is 24.4 Å². The fourth-order valence-corrected chi connectivity index (χ4v) is 3.23. The van der Waals surface area contributed by atoms with E-state index in [4.69, 9.17) is 0 Å². The van der Waals surface area contributed by atoms with Crippen molar-refractivity contribution in [3.63, 3.8) is 0 Å². The fraction of sp³-hybridized carbons (Fsp3) is 0.526. The van der Waals surface area contributed by atoms with E-state index in [1.54, 1.807) is 29.2 Å². The predicted octanol–water partition coefficient (Wildman–Crippen LogP) is 2.98. The number of carbonyl (C=O) groups excluding carboxylic acids is 3. The van der Waals surface area contributed by atoms with Crippen LogP contribution in [0.2, 0.25) is 0 Å². The largest absolute Gasteiger partial charge is 0.465 e. The third-order valence-electron chi connectivity index (χ3n) is 4.57. The maximum Gasteiger partial charge on any atom is 0.337 e. The number of nitrogens with one attached hydrogen (secondary N) is 1. The van der Waals surface area contributed by atoms with Gasteiger partial charge in [0, 0.05) is 18.7 Å². The Labute approximate surface area is 148 Å². The zero-order valence-corrected chi connectivity index (χ0v) is 14.9. The van der Waals surface area contributed by atoms with Crippen LogP contribution in [-0.2, 0) is 14.3 Å². The summed E-state index contributed by atoms with van der Waals surface area (Å²) in [5.41, 5.74) is 1.01. The van der Waals surface area contributed by atoms with E-state index >= 15 is 0 Å². The Bertz CT molecular complexity index is 604. The summed E-state index contributed by atoms with van der Waals surface area (Å²) in [6, 6.07) is 6.62. The highest BCUT2D eigenvalue weighted by Crippen LogP contribution is 2.22. The molecule has 0 heterocycles. The first-order valence-electron chi connectivity index (χ1n) is 8.76. The maximum absolute atomic E-state index is 12.3. The Balaban J connectivity index is 1.96. The molecule has 1 aromatic carbocycles. The Morgan fingerprint density at radius 3 is 2.20 bits per heavy atom. The summed E-state index contributed by atoms with van der Waals surface area (Å²) in [5.74, 6) is -0.720. The van der Waals surface area contributed by atoms with Crippen molar-refractivity contribution in [3.8, 4) is 0 Å². The average molecular weight is 346 g/mol. The van der Waals surface area contributed by atoms with E-state index in [0.29, 0.717) is 11.3 Å². The van der Waals surface area contributed by atoms with E-state index in [1.165, 1.54) is 26.9 Å². The number of nitrogens with zero attached hydrogens (tertiary/aromatic N) is 1. The molecule has 0 aliphatic heterocycles. The number of ether oxygens (including phenoxy) is 1. The number of anilines is 1. The van der Waals surface area contributed by atoms with Gasteiger partial charge in [-0.25, -0.2) is 4.79 Å². The zero-order chi connectivity index (χ0) is 18.2. The van der Waals surface area contributed by atoms with Gasteiger partial charge in [0.05, 0.1) is 12.7 Å². The van der Waals surface area contributed by atoms with Crippen LogP contribution in [0, 0.1) is 0 Å². The molecule has 0 bridgehead atoms. The van der Waals surface area contributed by atoms with Gasteiger partial charge in [-0.2, -0.15) is 0 Å². The lowest BCUT2D eigenvalue weighted by Gasteiger charge is -2.29. The molecule has 0 atom stereocenters. The number of hydrogen-bond donors (Lipinski definition) is 1. The topological polar surface area (TPSA) is 75.7 Å². The molecule has 1 N–H and O–H groups in total. The monoisotopic (exact) mass is 346 g/mol. The van der Waals surface area contributed by atoms with Crippen LogP contribution in [-0.4, -0.2) is 42.4 Å². The molecule has 2 rings (SSSR count). The van der Waals surface area contributed by atoms with E-state index in [2.05, 4.69) is 10.1 Å². The van der Waals surface area contributed by atoms with Gasteiger partial charge < -0.3 is 15.0 Å². The minimum absolute atomic E-state index is 0.0543. The van der Waals surface area contributed by atoms with Crippen molar-refractivity contribution in [2.24, 2.45) is 0 Å².